The summed E-state index contributed by atoms with van der Waals surface area (Å²) in [5.74, 6) is 1.02. The predicted molar refractivity (Wildman–Crippen MR) is 149 cm³/mol. The van der Waals surface area contributed by atoms with Crippen LogP contribution in [0.5, 0.6) is 11.5 Å². The lowest BCUT2D eigenvalue weighted by Gasteiger charge is -2.43. The number of ether oxygens (including phenoxy) is 2. The van der Waals surface area contributed by atoms with Crippen LogP contribution in [-0.2, 0) is 16.1 Å². The van der Waals surface area contributed by atoms with Crippen LogP contribution in [0.25, 0.3) is 0 Å². The molecule has 0 aromatic heterocycles. The minimum absolute atomic E-state index is 0.0489. The molecule has 0 unspecified atom stereocenters. The minimum atomic E-state index is -0.817. The Balaban J connectivity index is 1.12. The third kappa shape index (κ3) is 5.00. The molecule has 3 aromatic rings. The third-order valence-electron chi connectivity index (χ3n) is 7.75. The van der Waals surface area contributed by atoms with Crippen LogP contribution in [0, 0.1) is 0 Å². The van der Waals surface area contributed by atoms with Crippen molar-refractivity contribution in [2.75, 3.05) is 43.3 Å². The van der Waals surface area contributed by atoms with Gasteiger partial charge in [-0.2, -0.15) is 0 Å². The van der Waals surface area contributed by atoms with Gasteiger partial charge in [0.2, 0.25) is 12.7 Å². The summed E-state index contributed by atoms with van der Waals surface area (Å²) in [6, 6.07) is 24.5. The molecule has 2 saturated heterocycles. The van der Waals surface area contributed by atoms with Crippen LogP contribution < -0.4 is 25.0 Å². The van der Waals surface area contributed by atoms with Crippen molar-refractivity contribution < 1.29 is 23.9 Å². The number of hydrogen-bond acceptors (Lipinski definition) is 6. The lowest BCUT2D eigenvalue weighted by atomic mass is 9.85. The third-order valence-corrected chi connectivity index (χ3v) is 7.75. The Kier molecular flexibility index (Phi) is 6.90. The lowest BCUT2D eigenvalue weighted by Crippen LogP contribution is -2.58. The highest BCUT2D eigenvalue weighted by molar-refractivity contribution is 5.97. The number of nitrogens with zero attached hydrogens (tertiary/aromatic N) is 3. The monoisotopic (exact) mass is 541 g/mol. The molecule has 2 fully saturated rings. The van der Waals surface area contributed by atoms with Crippen LogP contribution in [0.4, 0.5) is 16.2 Å². The van der Waals surface area contributed by atoms with Gasteiger partial charge in [0.15, 0.2) is 11.5 Å². The van der Waals surface area contributed by atoms with Crippen LogP contribution in [0.15, 0.2) is 78.9 Å². The number of nitrogens with one attached hydrogen (secondary N) is 2. The number of fused-ring (bicyclic) bond motifs is 1. The SMILES string of the molecule is O=C(CN1CN(c2ccccc2)C2(CCN(C(=O)Nc3ccccc3)CC2)C1=O)NCc1ccc2c(c1)OCO2. The predicted octanol–water partition coefficient (Wildman–Crippen LogP) is 3.40. The molecule has 0 radical (unpaired) electrons. The number of urea groups is 1. The number of anilines is 2. The fraction of sp³-hybridized carbons (Fsp3) is 0.300. The standard InChI is InChI=1S/C30H31N5O5/c36-27(31-18-22-11-12-25-26(17-22)40-21-39-25)19-34-20-35(24-9-5-2-6-10-24)30(28(34)37)13-15-33(16-14-30)29(38)32-23-7-3-1-4-8-23/h1-12,17H,13-16,18-21H2,(H,31,36)(H,32,38). The smallest absolute Gasteiger partial charge is 0.321 e. The molecule has 10 heteroatoms. The summed E-state index contributed by atoms with van der Waals surface area (Å²) >= 11 is 0. The summed E-state index contributed by atoms with van der Waals surface area (Å²) in [6.45, 7) is 1.62. The highest BCUT2D eigenvalue weighted by atomic mass is 16.7. The number of hydrogen-bond donors (Lipinski definition) is 2. The van der Waals surface area contributed by atoms with E-state index in [1.165, 1.54) is 0 Å². The summed E-state index contributed by atoms with van der Waals surface area (Å²) < 4.78 is 10.8. The van der Waals surface area contributed by atoms with Crippen molar-refractivity contribution in [3.8, 4) is 11.5 Å². The second-order valence-corrected chi connectivity index (χ2v) is 10.2. The molecule has 40 heavy (non-hydrogen) atoms. The number of carbonyl (C=O) groups is 3. The van der Waals surface area contributed by atoms with Crippen molar-refractivity contribution in [2.45, 2.75) is 24.9 Å². The number of para-hydroxylation sites is 2. The van der Waals surface area contributed by atoms with Crippen LogP contribution in [-0.4, -0.2) is 66.3 Å². The molecule has 0 bridgehead atoms. The maximum atomic E-state index is 13.9. The first-order chi connectivity index (χ1) is 19.5. The maximum Gasteiger partial charge on any atom is 0.321 e. The van der Waals surface area contributed by atoms with Gasteiger partial charge in [0, 0.05) is 31.0 Å². The Morgan fingerprint density at radius 3 is 2.33 bits per heavy atom. The average molecular weight is 542 g/mol. The van der Waals surface area contributed by atoms with E-state index < -0.39 is 5.54 Å². The van der Waals surface area contributed by atoms with Gasteiger partial charge in [-0.15, -0.1) is 0 Å². The summed E-state index contributed by atoms with van der Waals surface area (Å²) in [6.07, 6.45) is 0.941. The average Bonchev–Trinajstić information content (AvgIpc) is 3.56. The summed E-state index contributed by atoms with van der Waals surface area (Å²) in [5.41, 5.74) is 1.71. The Morgan fingerprint density at radius 1 is 0.875 bits per heavy atom. The molecule has 10 nitrogen and oxygen atoms in total. The number of rotatable bonds is 6. The van der Waals surface area contributed by atoms with E-state index in [4.69, 9.17) is 9.47 Å². The molecule has 0 aliphatic carbocycles. The second kappa shape index (κ2) is 10.8. The van der Waals surface area contributed by atoms with E-state index in [9.17, 15) is 14.4 Å². The molecule has 3 heterocycles. The van der Waals surface area contributed by atoms with E-state index in [-0.39, 0.29) is 31.2 Å². The Labute approximate surface area is 232 Å². The number of likely N-dealkylation sites (tertiary alicyclic amines) is 1. The van der Waals surface area contributed by atoms with E-state index in [0.717, 1.165) is 16.9 Å². The molecule has 4 amide bonds. The van der Waals surface area contributed by atoms with Crippen molar-refractivity contribution in [3.05, 3.63) is 84.4 Å². The number of carbonyl (C=O) groups excluding carboxylic acids is 3. The van der Waals surface area contributed by atoms with Crippen molar-refractivity contribution in [2.24, 2.45) is 0 Å². The highest BCUT2D eigenvalue weighted by Crippen LogP contribution is 2.39. The van der Waals surface area contributed by atoms with Gasteiger partial charge in [-0.25, -0.2) is 4.79 Å². The summed E-state index contributed by atoms with van der Waals surface area (Å²) in [5, 5.41) is 5.85. The van der Waals surface area contributed by atoms with Gasteiger partial charge in [0.1, 0.15) is 12.1 Å². The molecule has 2 N–H and O–H groups in total. The van der Waals surface area contributed by atoms with Crippen LogP contribution in [0.1, 0.15) is 18.4 Å². The van der Waals surface area contributed by atoms with Gasteiger partial charge in [-0.3, -0.25) is 9.59 Å². The fourth-order valence-electron chi connectivity index (χ4n) is 5.61. The molecular weight excluding hydrogens is 510 g/mol. The van der Waals surface area contributed by atoms with Crippen LogP contribution >= 0.6 is 0 Å². The molecule has 6 rings (SSSR count). The minimum Gasteiger partial charge on any atom is -0.454 e. The Bertz CT molecular complexity index is 1390. The van der Waals surface area contributed by atoms with Gasteiger partial charge in [-0.1, -0.05) is 42.5 Å². The van der Waals surface area contributed by atoms with Crippen LogP contribution in [0.3, 0.4) is 0 Å². The normalized spacial score (nSPS) is 17.3. The molecule has 1 spiro atoms. The van der Waals surface area contributed by atoms with E-state index >= 15 is 0 Å². The molecule has 3 aliphatic heterocycles. The summed E-state index contributed by atoms with van der Waals surface area (Å²) in [4.78, 5) is 45.2. The van der Waals surface area contributed by atoms with Crippen LogP contribution in [0.2, 0.25) is 0 Å². The molecule has 0 saturated carbocycles. The molecule has 0 atom stereocenters. The van der Waals surface area contributed by atoms with Crippen molar-refractivity contribution >= 4 is 29.2 Å². The van der Waals surface area contributed by atoms with Gasteiger partial charge in [0.25, 0.3) is 5.91 Å². The molecule has 3 aromatic carbocycles. The zero-order valence-corrected chi connectivity index (χ0v) is 22.0. The van der Waals surface area contributed by atoms with Gasteiger partial charge < -0.3 is 34.8 Å². The van der Waals surface area contributed by atoms with E-state index in [1.807, 2.05) is 78.9 Å². The summed E-state index contributed by atoms with van der Waals surface area (Å²) in [7, 11) is 0. The van der Waals surface area contributed by atoms with E-state index in [0.29, 0.717) is 50.6 Å². The van der Waals surface area contributed by atoms with Crippen molar-refractivity contribution in [1.82, 2.24) is 15.1 Å². The van der Waals surface area contributed by atoms with Gasteiger partial charge in [0.05, 0.1) is 6.67 Å². The highest BCUT2D eigenvalue weighted by Gasteiger charge is 2.54. The topological polar surface area (TPSA) is 103 Å². The Hall–Kier alpha value is -4.73. The van der Waals surface area contributed by atoms with Crippen molar-refractivity contribution in [1.29, 1.82) is 0 Å². The quantitative estimate of drug-likeness (QED) is 0.496. The molecular formula is C30H31N5O5. The molecule has 206 valence electrons. The lowest BCUT2D eigenvalue weighted by molar-refractivity contribution is -0.137. The first kappa shape index (κ1) is 25.5. The number of piperidine rings is 1. The zero-order chi connectivity index (χ0) is 27.5. The van der Waals surface area contributed by atoms with E-state index in [2.05, 4.69) is 15.5 Å². The fourth-order valence-corrected chi connectivity index (χ4v) is 5.61. The zero-order valence-electron chi connectivity index (χ0n) is 22.0. The first-order valence-corrected chi connectivity index (χ1v) is 13.4. The largest absolute Gasteiger partial charge is 0.454 e. The second-order valence-electron chi connectivity index (χ2n) is 10.2. The van der Waals surface area contributed by atoms with Crippen molar-refractivity contribution in [3.63, 3.8) is 0 Å². The maximum absolute atomic E-state index is 13.9. The first-order valence-electron chi connectivity index (χ1n) is 13.4. The molecule has 3 aliphatic rings. The Morgan fingerprint density at radius 2 is 1.57 bits per heavy atom. The number of benzene rings is 3. The number of amides is 4. The van der Waals surface area contributed by atoms with Gasteiger partial charge >= 0.3 is 6.03 Å². The van der Waals surface area contributed by atoms with Gasteiger partial charge in [-0.05, 0) is 54.8 Å². The van der Waals surface area contributed by atoms with E-state index in [1.54, 1.807) is 9.80 Å².